The van der Waals surface area contributed by atoms with Crippen LogP contribution in [0.1, 0.15) is 25.6 Å². The van der Waals surface area contributed by atoms with Gasteiger partial charge in [0.2, 0.25) is 5.28 Å². The third-order valence-electron chi connectivity index (χ3n) is 5.32. The highest BCUT2D eigenvalue weighted by molar-refractivity contribution is 14.1. The smallest absolute Gasteiger partial charge is 0.303 e. The van der Waals surface area contributed by atoms with Gasteiger partial charge in [0.15, 0.2) is 41.5 Å². The topological polar surface area (TPSA) is 147 Å². The van der Waals surface area contributed by atoms with Gasteiger partial charge in [0.25, 0.3) is 5.91 Å². The van der Waals surface area contributed by atoms with E-state index in [1.807, 2.05) is 24.3 Å². The van der Waals surface area contributed by atoms with Crippen LogP contribution in [0, 0.1) is 3.57 Å². The van der Waals surface area contributed by atoms with Crippen LogP contribution in [-0.4, -0.2) is 62.7 Å². The summed E-state index contributed by atoms with van der Waals surface area (Å²) >= 11 is 8.45. The van der Waals surface area contributed by atoms with Crippen LogP contribution in [0.25, 0.3) is 11.2 Å². The molecule has 3 aromatic rings. The lowest BCUT2D eigenvalue weighted by Gasteiger charge is -2.23. The second-order valence-electron chi connectivity index (χ2n) is 7.86. The number of carbonyl (C=O) groups excluding carboxylic acids is 3. The molecule has 12 nitrogen and oxygen atoms in total. The van der Waals surface area contributed by atoms with E-state index in [-0.39, 0.29) is 10.9 Å². The quantitative estimate of drug-likeness (QED) is 0.227. The molecule has 2 aromatic heterocycles. The monoisotopic (exact) mass is 628 g/mol. The van der Waals surface area contributed by atoms with E-state index in [0.29, 0.717) is 17.9 Å². The second kappa shape index (κ2) is 10.9. The van der Waals surface area contributed by atoms with Crippen LogP contribution >= 0.6 is 34.2 Å². The molecule has 1 aliphatic rings. The average Bonchev–Trinajstić information content (AvgIpc) is 3.38. The second-order valence-corrected chi connectivity index (χ2v) is 9.44. The number of ether oxygens (including phenoxy) is 3. The molecule has 0 radical (unpaired) electrons. The van der Waals surface area contributed by atoms with Crippen molar-refractivity contribution in [3.8, 4) is 0 Å². The molecule has 4 atom stereocenters. The minimum atomic E-state index is -1.25. The van der Waals surface area contributed by atoms with Crippen molar-refractivity contribution in [1.82, 2.24) is 24.8 Å². The highest BCUT2D eigenvalue weighted by Crippen LogP contribution is 2.36. The number of fused-ring (bicyclic) bond motifs is 1. The third-order valence-corrected chi connectivity index (χ3v) is 6.16. The lowest BCUT2D eigenvalue weighted by Crippen LogP contribution is -2.45. The predicted molar refractivity (Wildman–Crippen MR) is 136 cm³/mol. The minimum Gasteiger partial charge on any atom is -0.455 e. The molecule has 14 heteroatoms. The fraction of sp³-hybridized carbons (Fsp3) is 0.364. The van der Waals surface area contributed by atoms with Gasteiger partial charge in [0, 0.05) is 31.0 Å². The van der Waals surface area contributed by atoms with Crippen molar-refractivity contribution in [3.63, 3.8) is 0 Å². The summed E-state index contributed by atoms with van der Waals surface area (Å²) in [5.41, 5.74) is 1.67. The Balaban J connectivity index is 1.72. The molecule has 1 fully saturated rings. The number of nitrogens with one attached hydrogen (secondary N) is 2. The van der Waals surface area contributed by atoms with Crippen molar-refractivity contribution in [2.45, 2.75) is 44.9 Å². The van der Waals surface area contributed by atoms with E-state index in [1.165, 1.54) is 31.8 Å². The zero-order valence-corrected chi connectivity index (χ0v) is 22.3. The first-order valence-corrected chi connectivity index (χ1v) is 12.2. The number of hydrogen-bond donors (Lipinski definition) is 2. The zero-order valence-electron chi connectivity index (χ0n) is 19.4. The Morgan fingerprint density at radius 3 is 2.56 bits per heavy atom. The number of likely N-dealkylation sites (N-methyl/N-ethyl adjacent to an activating group) is 1. The van der Waals surface area contributed by atoms with Gasteiger partial charge in [-0.1, -0.05) is 12.1 Å². The van der Waals surface area contributed by atoms with E-state index in [4.69, 9.17) is 25.8 Å². The van der Waals surface area contributed by atoms with Gasteiger partial charge in [-0.2, -0.15) is 9.97 Å². The first-order valence-electron chi connectivity index (χ1n) is 10.8. The maximum absolute atomic E-state index is 12.5. The highest BCUT2D eigenvalue weighted by atomic mass is 127. The van der Waals surface area contributed by atoms with Crippen LogP contribution in [-0.2, 0) is 35.1 Å². The van der Waals surface area contributed by atoms with Crippen molar-refractivity contribution in [1.29, 1.82) is 0 Å². The molecule has 4 rings (SSSR count). The van der Waals surface area contributed by atoms with E-state index in [9.17, 15) is 14.4 Å². The first-order chi connectivity index (χ1) is 17.2. The standard InChI is InChI=1S/C22H22ClIN6O6/c1-10(31)34-15-16(20(33)25-3)36-21(17(15)35-11(2)32)30-9-27-14-18(28-22(23)29-19(14)30)26-8-12-5-4-6-13(24)7-12/h4-7,9,15-17,21H,8H2,1-3H3,(H,25,33)(H,26,28,29)/t15-,16+,17-,21-/m1/s1. The van der Waals surface area contributed by atoms with E-state index in [2.05, 4.69) is 48.2 Å². The number of esters is 2. The molecule has 1 saturated heterocycles. The van der Waals surface area contributed by atoms with Crippen LogP contribution in [0.15, 0.2) is 30.6 Å². The molecular formula is C22H22ClIN6O6. The van der Waals surface area contributed by atoms with E-state index in [0.717, 1.165) is 9.13 Å². The molecule has 36 heavy (non-hydrogen) atoms. The molecule has 1 aromatic carbocycles. The van der Waals surface area contributed by atoms with Gasteiger partial charge in [0.1, 0.15) is 0 Å². The molecule has 2 N–H and O–H groups in total. The fourth-order valence-electron chi connectivity index (χ4n) is 3.89. The molecule has 0 saturated carbocycles. The summed E-state index contributed by atoms with van der Waals surface area (Å²) in [7, 11) is 1.41. The number of hydrogen-bond acceptors (Lipinski definition) is 10. The average molecular weight is 629 g/mol. The molecular weight excluding hydrogens is 607 g/mol. The number of carbonyl (C=O) groups is 3. The molecule has 0 spiro atoms. The van der Waals surface area contributed by atoms with Crippen LogP contribution < -0.4 is 10.6 Å². The molecule has 0 aliphatic carbocycles. The number of rotatable bonds is 7. The van der Waals surface area contributed by atoms with Gasteiger partial charge in [-0.15, -0.1) is 0 Å². The first kappa shape index (κ1) is 26.0. The molecule has 0 bridgehead atoms. The Hall–Kier alpha value is -3.04. The van der Waals surface area contributed by atoms with Crippen molar-refractivity contribution in [3.05, 3.63) is 45.0 Å². The summed E-state index contributed by atoms with van der Waals surface area (Å²) in [6.45, 7) is 2.84. The van der Waals surface area contributed by atoms with Crippen LogP contribution in [0.3, 0.4) is 0 Å². The summed E-state index contributed by atoms with van der Waals surface area (Å²) < 4.78 is 19.3. The number of aromatic nitrogens is 4. The fourth-order valence-corrected chi connectivity index (χ4v) is 4.66. The van der Waals surface area contributed by atoms with Crippen LogP contribution in [0.5, 0.6) is 0 Å². The number of nitrogens with zero attached hydrogens (tertiary/aromatic N) is 4. The third kappa shape index (κ3) is 5.52. The normalized spacial score (nSPS) is 21.2. The highest BCUT2D eigenvalue weighted by Gasteiger charge is 2.53. The van der Waals surface area contributed by atoms with Gasteiger partial charge in [-0.25, -0.2) is 4.98 Å². The van der Waals surface area contributed by atoms with Crippen molar-refractivity contribution in [2.24, 2.45) is 0 Å². The maximum atomic E-state index is 12.5. The number of benzene rings is 1. The number of halogens is 2. The van der Waals surface area contributed by atoms with Crippen LogP contribution in [0.2, 0.25) is 5.28 Å². The molecule has 190 valence electrons. The van der Waals surface area contributed by atoms with Gasteiger partial charge in [0.05, 0.1) is 6.33 Å². The number of amides is 1. The van der Waals surface area contributed by atoms with Gasteiger partial charge < -0.3 is 24.8 Å². The molecule has 3 heterocycles. The molecule has 1 aliphatic heterocycles. The van der Waals surface area contributed by atoms with Crippen LogP contribution in [0.4, 0.5) is 5.82 Å². The van der Waals surface area contributed by atoms with Gasteiger partial charge >= 0.3 is 11.9 Å². The Kier molecular flexibility index (Phi) is 7.90. The molecule has 1 amide bonds. The van der Waals surface area contributed by atoms with E-state index >= 15 is 0 Å². The Morgan fingerprint density at radius 2 is 1.89 bits per heavy atom. The predicted octanol–water partition coefficient (Wildman–Crippen LogP) is 2.20. The van der Waals surface area contributed by atoms with E-state index < -0.39 is 42.4 Å². The van der Waals surface area contributed by atoms with Gasteiger partial charge in [-0.05, 0) is 51.9 Å². The zero-order chi connectivity index (χ0) is 26.0. The largest absolute Gasteiger partial charge is 0.455 e. The summed E-state index contributed by atoms with van der Waals surface area (Å²) in [6.07, 6.45) is -3.31. The lowest BCUT2D eigenvalue weighted by molar-refractivity contribution is -0.166. The molecule has 0 unspecified atom stereocenters. The summed E-state index contributed by atoms with van der Waals surface area (Å²) in [5.74, 6) is -1.50. The Bertz CT molecular complexity index is 1320. The Labute approximate surface area is 224 Å². The Morgan fingerprint density at radius 1 is 1.17 bits per heavy atom. The summed E-state index contributed by atoms with van der Waals surface area (Å²) in [5, 5.41) is 5.62. The summed E-state index contributed by atoms with van der Waals surface area (Å²) in [6, 6.07) is 7.93. The minimum absolute atomic E-state index is 0.0594. The van der Waals surface area contributed by atoms with Crippen molar-refractivity contribution < 1.29 is 28.6 Å². The number of imidazole rings is 1. The number of anilines is 1. The summed E-state index contributed by atoms with van der Waals surface area (Å²) in [4.78, 5) is 49.2. The maximum Gasteiger partial charge on any atom is 0.303 e. The van der Waals surface area contributed by atoms with Crippen molar-refractivity contribution >= 4 is 69.0 Å². The van der Waals surface area contributed by atoms with E-state index in [1.54, 1.807) is 0 Å². The lowest BCUT2D eigenvalue weighted by atomic mass is 10.1. The van der Waals surface area contributed by atoms with Crippen molar-refractivity contribution in [2.75, 3.05) is 12.4 Å². The SMILES string of the molecule is CNC(=O)[C@H]1O[C@@H](n2cnc3c(NCc4cccc(I)c4)nc(Cl)nc32)[C@H](OC(C)=O)[C@@H]1OC(C)=O. The van der Waals surface area contributed by atoms with Gasteiger partial charge in [-0.3, -0.25) is 19.0 Å².